The van der Waals surface area contributed by atoms with Crippen LogP contribution in [0.3, 0.4) is 0 Å². The zero-order valence-corrected chi connectivity index (χ0v) is 11.6. The van der Waals surface area contributed by atoms with Crippen molar-refractivity contribution >= 4 is 29.2 Å². The van der Waals surface area contributed by atoms with E-state index in [0.29, 0.717) is 13.0 Å². The standard InChI is InChI=1S/C11H12ClN3O6/c1-2-3-13-11(19)14-10(18)7-5(12)4-6(16)9(17)8(7)15(20)21/h4,16-17H,2-3H2,1H3,(H2,13,14,18,19). The molecule has 0 fully saturated rings. The van der Waals surface area contributed by atoms with E-state index in [1.807, 2.05) is 5.32 Å². The van der Waals surface area contributed by atoms with Crippen LogP contribution in [0.2, 0.25) is 5.02 Å². The highest BCUT2D eigenvalue weighted by molar-refractivity contribution is 6.35. The van der Waals surface area contributed by atoms with Gasteiger partial charge in [0, 0.05) is 12.6 Å². The fourth-order valence-electron chi connectivity index (χ4n) is 1.46. The topological polar surface area (TPSA) is 142 Å². The maximum Gasteiger partial charge on any atom is 0.328 e. The number of aromatic hydroxyl groups is 2. The van der Waals surface area contributed by atoms with E-state index in [-0.39, 0.29) is 0 Å². The van der Waals surface area contributed by atoms with Crippen molar-refractivity contribution in [2.45, 2.75) is 13.3 Å². The Labute approximate surface area is 123 Å². The summed E-state index contributed by atoms with van der Waals surface area (Å²) in [6, 6.07) is -0.0947. The number of hydrogen-bond acceptors (Lipinski definition) is 6. The highest BCUT2D eigenvalue weighted by Gasteiger charge is 2.31. The number of imide groups is 1. The van der Waals surface area contributed by atoms with Crippen LogP contribution in [0.15, 0.2) is 6.07 Å². The second-order valence-corrected chi connectivity index (χ2v) is 4.32. The van der Waals surface area contributed by atoms with Gasteiger partial charge in [-0.05, 0) is 6.42 Å². The van der Waals surface area contributed by atoms with Crippen molar-refractivity contribution in [1.82, 2.24) is 10.6 Å². The van der Waals surface area contributed by atoms with Crippen molar-refractivity contribution in [3.05, 3.63) is 26.8 Å². The number of nitro benzene ring substituents is 1. The Balaban J connectivity index is 3.18. The predicted molar refractivity (Wildman–Crippen MR) is 72.6 cm³/mol. The van der Waals surface area contributed by atoms with Crippen LogP contribution >= 0.6 is 11.6 Å². The number of nitro groups is 1. The summed E-state index contributed by atoms with van der Waals surface area (Å²) in [5.74, 6) is -3.13. The highest BCUT2D eigenvalue weighted by atomic mass is 35.5. The molecule has 1 aromatic carbocycles. The van der Waals surface area contributed by atoms with E-state index in [4.69, 9.17) is 11.6 Å². The molecule has 4 N–H and O–H groups in total. The zero-order chi connectivity index (χ0) is 16.2. The molecule has 0 radical (unpaired) electrons. The molecular formula is C11H12ClN3O6. The Kier molecular flexibility index (Phi) is 5.30. The first kappa shape index (κ1) is 16.5. The number of phenols is 2. The van der Waals surface area contributed by atoms with Crippen LogP contribution in [0, 0.1) is 10.1 Å². The largest absolute Gasteiger partial charge is 0.504 e. The number of urea groups is 1. The molecule has 0 aliphatic heterocycles. The van der Waals surface area contributed by atoms with Crippen molar-refractivity contribution in [3.63, 3.8) is 0 Å². The van der Waals surface area contributed by atoms with Crippen LogP contribution in [0.4, 0.5) is 10.5 Å². The maximum atomic E-state index is 11.9. The summed E-state index contributed by atoms with van der Waals surface area (Å²) in [5, 5.41) is 33.4. The van der Waals surface area contributed by atoms with Crippen molar-refractivity contribution in [1.29, 1.82) is 0 Å². The van der Waals surface area contributed by atoms with E-state index in [0.717, 1.165) is 6.07 Å². The van der Waals surface area contributed by atoms with E-state index in [2.05, 4.69) is 5.32 Å². The monoisotopic (exact) mass is 317 g/mol. The van der Waals surface area contributed by atoms with Gasteiger partial charge in [0.05, 0.1) is 9.95 Å². The number of halogens is 1. The minimum atomic E-state index is -1.17. The van der Waals surface area contributed by atoms with Gasteiger partial charge in [0.2, 0.25) is 5.75 Å². The van der Waals surface area contributed by atoms with Crippen LogP contribution < -0.4 is 10.6 Å². The lowest BCUT2D eigenvalue weighted by Gasteiger charge is -2.09. The van der Waals surface area contributed by atoms with Gasteiger partial charge in [0.25, 0.3) is 5.91 Å². The summed E-state index contributed by atoms with van der Waals surface area (Å²) in [7, 11) is 0. The van der Waals surface area contributed by atoms with Crippen LogP contribution in [0.25, 0.3) is 0 Å². The third kappa shape index (κ3) is 3.72. The number of nitrogens with zero attached hydrogens (tertiary/aromatic N) is 1. The molecule has 0 aliphatic rings. The summed E-state index contributed by atoms with van der Waals surface area (Å²) in [6.45, 7) is 2.09. The molecule has 0 atom stereocenters. The predicted octanol–water partition coefficient (Wildman–Crippen LogP) is 1.51. The quantitative estimate of drug-likeness (QED) is 0.376. The lowest BCUT2D eigenvalue weighted by Crippen LogP contribution is -2.40. The van der Waals surface area contributed by atoms with Gasteiger partial charge in [-0.25, -0.2) is 4.79 Å². The highest BCUT2D eigenvalue weighted by Crippen LogP contribution is 2.41. The SMILES string of the molecule is CCCNC(=O)NC(=O)c1c(Cl)cc(O)c(O)c1[N+](=O)[O-]. The van der Waals surface area contributed by atoms with Gasteiger partial charge in [-0.3, -0.25) is 20.2 Å². The number of rotatable bonds is 4. The van der Waals surface area contributed by atoms with Crippen molar-refractivity contribution in [3.8, 4) is 11.5 Å². The normalized spacial score (nSPS) is 10.0. The van der Waals surface area contributed by atoms with Gasteiger partial charge >= 0.3 is 11.7 Å². The number of carbonyl (C=O) groups is 2. The van der Waals surface area contributed by atoms with E-state index >= 15 is 0 Å². The molecule has 1 rings (SSSR count). The van der Waals surface area contributed by atoms with E-state index < -0.39 is 44.6 Å². The number of carbonyl (C=O) groups excluding carboxylic acids is 2. The smallest absolute Gasteiger partial charge is 0.328 e. The lowest BCUT2D eigenvalue weighted by atomic mass is 10.1. The number of hydrogen-bond donors (Lipinski definition) is 4. The fourth-order valence-corrected chi connectivity index (χ4v) is 1.73. The molecule has 0 spiro atoms. The Bertz CT molecular complexity index is 604. The third-order valence-corrected chi connectivity index (χ3v) is 2.68. The van der Waals surface area contributed by atoms with Crippen molar-refractivity contribution < 1.29 is 24.7 Å². The number of phenolic OH excluding ortho intramolecular Hbond substituents is 2. The molecule has 0 aromatic heterocycles. The van der Waals surface area contributed by atoms with Crippen LogP contribution in [0.1, 0.15) is 23.7 Å². The summed E-state index contributed by atoms with van der Waals surface area (Å²) in [4.78, 5) is 33.1. The molecule has 0 unspecified atom stereocenters. The molecule has 10 heteroatoms. The van der Waals surface area contributed by atoms with E-state index in [1.165, 1.54) is 0 Å². The number of nitrogens with one attached hydrogen (secondary N) is 2. The molecule has 0 bridgehead atoms. The first-order chi connectivity index (χ1) is 9.79. The van der Waals surface area contributed by atoms with Gasteiger partial charge in [-0.2, -0.15) is 0 Å². The molecule has 9 nitrogen and oxygen atoms in total. The fraction of sp³-hybridized carbons (Fsp3) is 0.273. The van der Waals surface area contributed by atoms with Gasteiger partial charge in [0.1, 0.15) is 5.56 Å². The van der Waals surface area contributed by atoms with E-state index in [1.54, 1.807) is 6.92 Å². The Morgan fingerprint density at radius 2 is 2.05 bits per heavy atom. The lowest BCUT2D eigenvalue weighted by molar-refractivity contribution is -0.386. The molecule has 0 heterocycles. The summed E-state index contributed by atoms with van der Waals surface area (Å²) in [6.07, 6.45) is 0.627. The zero-order valence-electron chi connectivity index (χ0n) is 10.8. The van der Waals surface area contributed by atoms with Gasteiger partial charge in [-0.15, -0.1) is 0 Å². The minimum absolute atomic E-state index is 0.301. The van der Waals surface area contributed by atoms with Crippen LogP contribution in [0.5, 0.6) is 11.5 Å². The van der Waals surface area contributed by atoms with Gasteiger partial charge < -0.3 is 15.5 Å². The molecule has 0 aliphatic carbocycles. The Morgan fingerprint density at radius 3 is 2.57 bits per heavy atom. The molecule has 3 amide bonds. The Hall–Kier alpha value is -2.55. The van der Waals surface area contributed by atoms with Crippen LogP contribution in [-0.4, -0.2) is 33.6 Å². The molecular weight excluding hydrogens is 306 g/mol. The van der Waals surface area contributed by atoms with Gasteiger partial charge in [-0.1, -0.05) is 18.5 Å². The van der Waals surface area contributed by atoms with Crippen molar-refractivity contribution in [2.24, 2.45) is 0 Å². The molecule has 0 saturated carbocycles. The van der Waals surface area contributed by atoms with Gasteiger partial charge in [0.15, 0.2) is 5.75 Å². The van der Waals surface area contributed by atoms with Crippen LogP contribution in [-0.2, 0) is 0 Å². The summed E-state index contributed by atoms with van der Waals surface area (Å²) >= 11 is 5.67. The number of benzene rings is 1. The van der Waals surface area contributed by atoms with Crippen molar-refractivity contribution in [2.75, 3.05) is 6.54 Å². The molecule has 0 saturated heterocycles. The average Bonchev–Trinajstić information content (AvgIpc) is 2.39. The maximum absolute atomic E-state index is 11.9. The molecule has 21 heavy (non-hydrogen) atoms. The second kappa shape index (κ2) is 6.75. The summed E-state index contributed by atoms with van der Waals surface area (Å²) in [5.41, 5.74) is -1.80. The first-order valence-electron chi connectivity index (χ1n) is 5.77. The first-order valence-corrected chi connectivity index (χ1v) is 6.15. The van der Waals surface area contributed by atoms with E-state index in [9.17, 15) is 29.9 Å². The molecule has 114 valence electrons. The third-order valence-electron chi connectivity index (χ3n) is 2.38. The second-order valence-electron chi connectivity index (χ2n) is 3.92. The molecule has 1 aromatic rings. The average molecular weight is 318 g/mol. The Morgan fingerprint density at radius 1 is 1.43 bits per heavy atom. The summed E-state index contributed by atoms with van der Waals surface area (Å²) < 4.78 is 0. The minimum Gasteiger partial charge on any atom is -0.504 e. The number of amides is 3.